The summed E-state index contributed by atoms with van der Waals surface area (Å²) in [6.07, 6.45) is 7.49. The van der Waals surface area contributed by atoms with E-state index in [0.717, 1.165) is 5.69 Å². The number of phenolic OH excluding ortho intramolecular Hbond substituents is 1. The Labute approximate surface area is 182 Å². The number of imidazole rings is 1. The first-order valence-electron chi connectivity index (χ1n) is 10.0. The lowest BCUT2D eigenvalue weighted by Gasteiger charge is -2.41. The number of fused-ring (bicyclic) bond motifs is 2. The fourth-order valence-corrected chi connectivity index (χ4v) is 6.23. The molecule has 5 rings (SSSR count). The van der Waals surface area contributed by atoms with E-state index in [9.17, 15) is 13.9 Å². The summed E-state index contributed by atoms with van der Waals surface area (Å²) in [5.74, 6) is -2.40. The van der Waals surface area contributed by atoms with E-state index in [1.807, 2.05) is 13.0 Å². The fraction of sp³-hybridized carbons (Fsp3) is 0.429. The molecule has 2 saturated heterocycles. The van der Waals surface area contributed by atoms with Gasteiger partial charge in [0.15, 0.2) is 5.82 Å². The van der Waals surface area contributed by atoms with Crippen molar-refractivity contribution < 1.29 is 13.9 Å². The highest BCUT2D eigenvalue weighted by atomic mass is 32.2. The van der Waals surface area contributed by atoms with Gasteiger partial charge in [0.2, 0.25) is 0 Å². The van der Waals surface area contributed by atoms with Gasteiger partial charge in [-0.1, -0.05) is 11.8 Å². The number of rotatable bonds is 4. The molecule has 7 nitrogen and oxygen atoms in total. The van der Waals surface area contributed by atoms with Crippen molar-refractivity contribution in [3.63, 3.8) is 0 Å². The Balaban J connectivity index is 1.32. The molecule has 4 heterocycles. The first-order chi connectivity index (χ1) is 14.7. The number of nitrogens with one attached hydrogen (secondary N) is 1. The molecular weight excluding hydrogens is 422 g/mol. The molecule has 0 radical (unpaired) electrons. The molecule has 2 N–H and O–H groups in total. The maximum Gasteiger partial charge on any atom is 0.267 e. The molecule has 1 aromatic carbocycles. The molecule has 3 aromatic rings. The zero-order valence-electron chi connectivity index (χ0n) is 17.1. The van der Waals surface area contributed by atoms with E-state index in [4.69, 9.17) is 0 Å². The van der Waals surface area contributed by atoms with Crippen LogP contribution in [0, 0.1) is 0 Å². The van der Waals surface area contributed by atoms with Crippen LogP contribution in [0.5, 0.6) is 5.75 Å². The van der Waals surface area contributed by atoms with Gasteiger partial charge in [0.05, 0.1) is 29.3 Å². The summed E-state index contributed by atoms with van der Waals surface area (Å²) in [6, 6.07) is 5.16. The number of aromatic nitrogens is 5. The molecule has 2 bridgehead atoms. The number of hydrogen-bond acceptors (Lipinski definition) is 7. The monoisotopic (exact) mass is 444 g/mol. The SMILES string of the molecule is C[C@@]12C[C@@H](Sc3cnc(-c4ccc(-n5ccnc5)cc4O)nn3)C[C@@](C)(N1)C(F)(F)C2. The molecule has 0 spiro atoms. The molecule has 0 aliphatic carbocycles. The standard InChI is InChI=1S/C21H22F2N6OS/c1-19-8-14(9-20(2,28-19)21(22,23)11-19)31-17-10-25-18(27-26-17)15-4-3-13(7-16(15)30)29-6-5-24-12-29/h3-7,10,12,14,28,30H,8-9,11H2,1-2H3/t14-,19+,20-/m1/s1. The molecule has 3 atom stereocenters. The fourth-order valence-electron chi connectivity index (χ4n) is 4.82. The Kier molecular flexibility index (Phi) is 4.56. The van der Waals surface area contributed by atoms with Gasteiger partial charge in [0.25, 0.3) is 5.92 Å². The van der Waals surface area contributed by atoms with Crippen LogP contribution < -0.4 is 5.32 Å². The minimum atomic E-state index is -2.73. The molecule has 2 aliphatic rings. The van der Waals surface area contributed by atoms with Crippen LogP contribution in [0.25, 0.3) is 17.1 Å². The number of aromatic hydroxyl groups is 1. The second kappa shape index (κ2) is 6.96. The smallest absolute Gasteiger partial charge is 0.267 e. The van der Waals surface area contributed by atoms with Crippen LogP contribution in [0.3, 0.4) is 0 Å². The molecule has 2 aliphatic heterocycles. The molecule has 31 heavy (non-hydrogen) atoms. The van der Waals surface area contributed by atoms with Gasteiger partial charge in [-0.3, -0.25) is 0 Å². The van der Waals surface area contributed by atoms with E-state index < -0.39 is 17.0 Å². The van der Waals surface area contributed by atoms with E-state index in [-0.39, 0.29) is 17.4 Å². The van der Waals surface area contributed by atoms with Crippen molar-refractivity contribution in [2.75, 3.05) is 0 Å². The van der Waals surface area contributed by atoms with Gasteiger partial charge in [-0.05, 0) is 38.8 Å². The number of alkyl halides is 2. The number of piperidine rings is 1. The molecule has 2 aromatic heterocycles. The highest BCUT2D eigenvalue weighted by molar-refractivity contribution is 7.99. The molecular formula is C21H22F2N6OS. The average molecular weight is 445 g/mol. The van der Waals surface area contributed by atoms with Crippen LogP contribution in [0.1, 0.15) is 33.1 Å². The zero-order chi connectivity index (χ0) is 21.9. The third-order valence-corrected chi connectivity index (χ3v) is 7.26. The van der Waals surface area contributed by atoms with Crippen LogP contribution in [-0.2, 0) is 0 Å². The number of thioether (sulfide) groups is 1. The summed E-state index contributed by atoms with van der Waals surface area (Å²) in [6.45, 7) is 3.47. The molecule has 162 valence electrons. The maximum atomic E-state index is 14.5. The lowest BCUT2D eigenvalue weighted by Crippen LogP contribution is -2.58. The van der Waals surface area contributed by atoms with Crippen LogP contribution >= 0.6 is 11.8 Å². The lowest BCUT2D eigenvalue weighted by atomic mass is 9.88. The maximum absolute atomic E-state index is 14.5. The highest BCUT2D eigenvalue weighted by Crippen LogP contribution is 2.54. The molecule has 10 heteroatoms. The highest BCUT2D eigenvalue weighted by Gasteiger charge is 2.65. The summed E-state index contributed by atoms with van der Waals surface area (Å²) in [4.78, 5) is 8.34. The van der Waals surface area contributed by atoms with Crippen molar-refractivity contribution in [2.24, 2.45) is 0 Å². The summed E-state index contributed by atoms with van der Waals surface area (Å²) in [5, 5.41) is 22.5. The van der Waals surface area contributed by atoms with Gasteiger partial charge >= 0.3 is 0 Å². The minimum absolute atomic E-state index is 0.00515. The van der Waals surface area contributed by atoms with E-state index in [1.165, 1.54) is 11.8 Å². The van der Waals surface area contributed by atoms with Crippen LogP contribution in [0.4, 0.5) is 8.78 Å². The van der Waals surface area contributed by atoms with Crippen molar-refractivity contribution in [3.05, 3.63) is 43.1 Å². The van der Waals surface area contributed by atoms with Gasteiger partial charge < -0.3 is 15.0 Å². The van der Waals surface area contributed by atoms with Crippen molar-refractivity contribution in [3.8, 4) is 22.8 Å². The van der Waals surface area contributed by atoms with Crippen molar-refractivity contribution in [1.82, 2.24) is 30.0 Å². The molecule has 2 fully saturated rings. The second-order valence-electron chi connectivity index (χ2n) is 8.84. The van der Waals surface area contributed by atoms with E-state index in [0.29, 0.717) is 29.3 Å². The second-order valence-corrected chi connectivity index (χ2v) is 10.2. The van der Waals surface area contributed by atoms with Crippen molar-refractivity contribution in [2.45, 2.75) is 60.4 Å². The molecule has 0 unspecified atom stereocenters. The minimum Gasteiger partial charge on any atom is -0.507 e. The zero-order valence-corrected chi connectivity index (χ0v) is 17.9. The van der Waals surface area contributed by atoms with E-state index in [1.54, 1.807) is 48.5 Å². The van der Waals surface area contributed by atoms with Gasteiger partial charge in [-0.15, -0.1) is 10.2 Å². The van der Waals surface area contributed by atoms with Gasteiger partial charge in [-0.2, -0.15) is 0 Å². The third kappa shape index (κ3) is 3.57. The number of benzene rings is 1. The van der Waals surface area contributed by atoms with Crippen molar-refractivity contribution in [1.29, 1.82) is 0 Å². The van der Waals surface area contributed by atoms with Gasteiger partial charge in [0.1, 0.15) is 10.8 Å². The topological polar surface area (TPSA) is 88.8 Å². The average Bonchev–Trinajstić information content (AvgIpc) is 3.25. The predicted octanol–water partition coefficient (Wildman–Crippen LogP) is 3.83. The van der Waals surface area contributed by atoms with Crippen LogP contribution in [-0.4, -0.2) is 52.1 Å². The van der Waals surface area contributed by atoms with Gasteiger partial charge in [0, 0.05) is 35.7 Å². The van der Waals surface area contributed by atoms with E-state index >= 15 is 0 Å². The van der Waals surface area contributed by atoms with Gasteiger partial charge in [-0.25, -0.2) is 18.7 Å². The first-order valence-corrected chi connectivity index (χ1v) is 10.9. The molecule has 0 amide bonds. The third-order valence-electron chi connectivity index (χ3n) is 6.16. The first kappa shape index (κ1) is 20.3. The Hall–Kier alpha value is -2.59. The molecule has 0 saturated carbocycles. The summed E-state index contributed by atoms with van der Waals surface area (Å²) in [7, 11) is 0. The number of phenols is 1. The summed E-state index contributed by atoms with van der Waals surface area (Å²) < 4.78 is 30.8. The Bertz CT molecular complexity index is 1110. The number of hydrogen-bond donors (Lipinski definition) is 2. The number of nitrogens with zero attached hydrogens (tertiary/aromatic N) is 5. The summed E-state index contributed by atoms with van der Waals surface area (Å²) >= 11 is 1.44. The summed E-state index contributed by atoms with van der Waals surface area (Å²) in [5.41, 5.74) is -0.565. The van der Waals surface area contributed by atoms with Crippen molar-refractivity contribution >= 4 is 11.8 Å². The van der Waals surface area contributed by atoms with Crippen LogP contribution in [0.2, 0.25) is 0 Å². The van der Waals surface area contributed by atoms with E-state index in [2.05, 4.69) is 25.5 Å². The quantitative estimate of drug-likeness (QED) is 0.632. The Morgan fingerprint density at radius 2 is 2.06 bits per heavy atom. The van der Waals surface area contributed by atoms with Crippen LogP contribution in [0.15, 0.2) is 48.1 Å². The Morgan fingerprint density at radius 1 is 1.23 bits per heavy atom. The lowest BCUT2D eigenvalue weighted by molar-refractivity contribution is -0.0550. The Morgan fingerprint density at radius 3 is 2.71 bits per heavy atom. The number of halogens is 2. The largest absolute Gasteiger partial charge is 0.507 e. The normalized spacial score (nSPS) is 29.2. The predicted molar refractivity (Wildman–Crippen MR) is 112 cm³/mol.